The molecular formula is C16H14F3N3OS. The van der Waals surface area contributed by atoms with Gasteiger partial charge in [0.05, 0.1) is 17.6 Å². The molecule has 0 aliphatic carbocycles. The summed E-state index contributed by atoms with van der Waals surface area (Å²) < 4.78 is 37.5. The molecule has 2 N–H and O–H groups in total. The number of imidazole rings is 1. The summed E-state index contributed by atoms with van der Waals surface area (Å²) >= 11 is 0.641. The number of para-hydroxylation sites is 2. The molecule has 0 unspecified atom stereocenters. The monoisotopic (exact) mass is 353 g/mol. The molecule has 0 fully saturated rings. The fraction of sp³-hybridized carbons (Fsp3) is 0.250. The molecule has 3 aromatic rings. The third-order valence-electron chi connectivity index (χ3n) is 3.43. The Bertz CT molecular complexity index is 820. The predicted molar refractivity (Wildman–Crippen MR) is 85.6 cm³/mol. The Morgan fingerprint density at radius 1 is 1.21 bits per heavy atom. The standard InChI is InChI=1S/C16H14F3N3OS/c17-16(18,19)13-6-5-10(24-13)9-20-15(23)8-7-14-21-11-3-1-2-4-12(11)22-14/h1-6H,7-9H2,(H,20,23)(H,21,22). The van der Waals surface area contributed by atoms with Gasteiger partial charge in [0.15, 0.2) is 0 Å². The van der Waals surface area contributed by atoms with E-state index >= 15 is 0 Å². The van der Waals surface area contributed by atoms with Crippen LogP contribution in [0.4, 0.5) is 13.2 Å². The second-order valence-electron chi connectivity index (χ2n) is 5.24. The molecule has 0 radical (unpaired) electrons. The van der Waals surface area contributed by atoms with Gasteiger partial charge < -0.3 is 10.3 Å². The summed E-state index contributed by atoms with van der Waals surface area (Å²) in [6.45, 7) is 0.0969. The highest BCUT2D eigenvalue weighted by Crippen LogP contribution is 2.34. The number of nitrogens with one attached hydrogen (secondary N) is 2. The van der Waals surface area contributed by atoms with Gasteiger partial charge in [-0.3, -0.25) is 4.79 Å². The van der Waals surface area contributed by atoms with Crippen LogP contribution in [0, 0.1) is 0 Å². The Hall–Kier alpha value is -2.35. The molecule has 1 aromatic carbocycles. The van der Waals surface area contributed by atoms with Crippen LogP contribution in [-0.2, 0) is 23.9 Å². The van der Waals surface area contributed by atoms with Crippen molar-refractivity contribution in [3.8, 4) is 0 Å². The second kappa shape index (κ2) is 6.64. The largest absolute Gasteiger partial charge is 0.425 e. The van der Waals surface area contributed by atoms with Gasteiger partial charge in [-0.15, -0.1) is 11.3 Å². The maximum Gasteiger partial charge on any atom is 0.425 e. The van der Waals surface area contributed by atoms with Crippen molar-refractivity contribution in [2.24, 2.45) is 0 Å². The van der Waals surface area contributed by atoms with Crippen LogP contribution >= 0.6 is 11.3 Å². The van der Waals surface area contributed by atoms with E-state index in [1.54, 1.807) is 0 Å². The molecule has 0 atom stereocenters. The van der Waals surface area contributed by atoms with Crippen molar-refractivity contribution in [1.82, 2.24) is 15.3 Å². The van der Waals surface area contributed by atoms with Crippen molar-refractivity contribution in [3.63, 3.8) is 0 Å². The summed E-state index contributed by atoms with van der Waals surface area (Å²) in [6.07, 6.45) is -3.68. The summed E-state index contributed by atoms with van der Waals surface area (Å²) in [5.74, 6) is 0.485. The number of alkyl halides is 3. The third-order valence-corrected chi connectivity index (χ3v) is 4.56. The normalized spacial score (nSPS) is 11.8. The maximum atomic E-state index is 12.5. The lowest BCUT2D eigenvalue weighted by Crippen LogP contribution is -2.22. The number of aryl methyl sites for hydroxylation is 1. The van der Waals surface area contributed by atoms with Gasteiger partial charge in [-0.2, -0.15) is 13.2 Å². The van der Waals surface area contributed by atoms with Crippen molar-refractivity contribution >= 4 is 28.3 Å². The molecule has 0 saturated carbocycles. The molecule has 2 heterocycles. The SMILES string of the molecule is O=C(CCc1nc2ccccc2[nH]1)NCc1ccc(C(F)(F)F)s1. The number of carbonyl (C=O) groups excluding carboxylic acids is 1. The number of benzene rings is 1. The van der Waals surface area contributed by atoms with Gasteiger partial charge in [-0.1, -0.05) is 12.1 Å². The summed E-state index contributed by atoms with van der Waals surface area (Å²) in [5.41, 5.74) is 1.75. The number of halogens is 3. The van der Waals surface area contributed by atoms with Crippen molar-refractivity contribution in [1.29, 1.82) is 0 Å². The quantitative estimate of drug-likeness (QED) is 0.731. The zero-order valence-electron chi connectivity index (χ0n) is 12.5. The van der Waals surface area contributed by atoms with Gasteiger partial charge >= 0.3 is 6.18 Å². The van der Waals surface area contributed by atoms with Crippen molar-refractivity contribution in [3.05, 3.63) is 52.0 Å². The number of amides is 1. The highest BCUT2D eigenvalue weighted by atomic mass is 32.1. The smallest absolute Gasteiger partial charge is 0.351 e. The van der Waals surface area contributed by atoms with Crippen LogP contribution in [0.3, 0.4) is 0 Å². The van der Waals surface area contributed by atoms with Crippen molar-refractivity contribution in [2.75, 3.05) is 0 Å². The average molecular weight is 353 g/mol. The summed E-state index contributed by atoms with van der Waals surface area (Å²) in [7, 11) is 0. The van der Waals surface area contributed by atoms with Crippen LogP contribution in [0.2, 0.25) is 0 Å². The van der Waals surface area contributed by atoms with Gasteiger partial charge in [0.1, 0.15) is 10.7 Å². The number of hydrogen-bond donors (Lipinski definition) is 2. The first kappa shape index (κ1) is 16.5. The number of fused-ring (bicyclic) bond motifs is 1. The van der Waals surface area contributed by atoms with Crippen LogP contribution < -0.4 is 5.32 Å². The topological polar surface area (TPSA) is 57.8 Å². The van der Waals surface area contributed by atoms with Gasteiger partial charge in [0, 0.05) is 17.7 Å². The molecule has 0 saturated heterocycles. The first-order chi connectivity index (χ1) is 11.4. The van der Waals surface area contributed by atoms with E-state index in [0.29, 0.717) is 28.5 Å². The Labute approximate surface area is 139 Å². The lowest BCUT2D eigenvalue weighted by molar-refractivity contribution is -0.134. The van der Waals surface area contributed by atoms with E-state index in [1.165, 1.54) is 6.07 Å². The van der Waals surface area contributed by atoms with E-state index in [4.69, 9.17) is 0 Å². The first-order valence-electron chi connectivity index (χ1n) is 7.28. The minimum Gasteiger partial charge on any atom is -0.351 e. The summed E-state index contributed by atoms with van der Waals surface area (Å²) in [5, 5.41) is 2.63. The summed E-state index contributed by atoms with van der Waals surface area (Å²) in [4.78, 5) is 19.2. The minimum absolute atomic E-state index is 0.0969. The van der Waals surface area contributed by atoms with Crippen LogP contribution in [-0.4, -0.2) is 15.9 Å². The second-order valence-corrected chi connectivity index (χ2v) is 6.41. The molecule has 4 nitrogen and oxygen atoms in total. The maximum absolute atomic E-state index is 12.5. The fourth-order valence-electron chi connectivity index (χ4n) is 2.26. The van der Waals surface area contributed by atoms with Crippen molar-refractivity contribution < 1.29 is 18.0 Å². The Balaban J connectivity index is 1.50. The van der Waals surface area contributed by atoms with Crippen molar-refractivity contribution in [2.45, 2.75) is 25.6 Å². The van der Waals surface area contributed by atoms with E-state index < -0.39 is 11.1 Å². The molecular weight excluding hydrogens is 339 g/mol. The van der Waals surface area contributed by atoms with E-state index in [0.717, 1.165) is 17.1 Å². The number of carbonyl (C=O) groups is 1. The van der Waals surface area contributed by atoms with Gasteiger partial charge in [-0.25, -0.2) is 4.98 Å². The van der Waals surface area contributed by atoms with Crippen LogP contribution in [0.1, 0.15) is 22.0 Å². The molecule has 24 heavy (non-hydrogen) atoms. The van der Waals surface area contributed by atoms with Gasteiger partial charge in [-0.05, 0) is 24.3 Å². The molecule has 3 rings (SSSR count). The summed E-state index contributed by atoms with van der Waals surface area (Å²) in [6, 6.07) is 9.97. The van der Waals surface area contributed by atoms with E-state index in [-0.39, 0.29) is 18.9 Å². The number of rotatable bonds is 5. The third kappa shape index (κ3) is 3.94. The van der Waals surface area contributed by atoms with Crippen LogP contribution in [0.15, 0.2) is 36.4 Å². The number of thiophene rings is 1. The first-order valence-corrected chi connectivity index (χ1v) is 8.10. The molecule has 0 bridgehead atoms. The molecule has 126 valence electrons. The molecule has 8 heteroatoms. The zero-order valence-corrected chi connectivity index (χ0v) is 13.3. The number of nitrogens with zero attached hydrogens (tertiary/aromatic N) is 1. The minimum atomic E-state index is -4.34. The van der Waals surface area contributed by atoms with Crippen LogP contribution in [0.25, 0.3) is 11.0 Å². The highest BCUT2D eigenvalue weighted by Gasteiger charge is 2.32. The number of H-pyrrole nitrogens is 1. The van der Waals surface area contributed by atoms with E-state index in [1.807, 2.05) is 24.3 Å². The Morgan fingerprint density at radius 2 is 2.00 bits per heavy atom. The molecule has 2 aromatic heterocycles. The highest BCUT2D eigenvalue weighted by molar-refractivity contribution is 7.12. The molecule has 0 spiro atoms. The zero-order chi connectivity index (χ0) is 17.2. The number of aromatic amines is 1. The van der Waals surface area contributed by atoms with E-state index in [2.05, 4.69) is 15.3 Å². The number of hydrogen-bond acceptors (Lipinski definition) is 3. The van der Waals surface area contributed by atoms with Gasteiger partial charge in [0.2, 0.25) is 5.91 Å². The van der Waals surface area contributed by atoms with E-state index in [9.17, 15) is 18.0 Å². The molecule has 0 aliphatic heterocycles. The predicted octanol–water partition coefficient (Wildman–Crippen LogP) is 3.89. The Kier molecular flexibility index (Phi) is 4.57. The molecule has 0 aliphatic rings. The van der Waals surface area contributed by atoms with Crippen LogP contribution in [0.5, 0.6) is 0 Å². The Morgan fingerprint density at radius 3 is 2.71 bits per heavy atom. The lowest BCUT2D eigenvalue weighted by Gasteiger charge is -2.03. The fourth-order valence-corrected chi connectivity index (χ4v) is 3.07. The lowest BCUT2D eigenvalue weighted by atomic mass is 10.3. The number of aromatic nitrogens is 2. The average Bonchev–Trinajstić information content (AvgIpc) is 3.16. The molecule has 1 amide bonds. The van der Waals surface area contributed by atoms with Gasteiger partial charge in [0.25, 0.3) is 0 Å².